The van der Waals surface area contributed by atoms with Gasteiger partial charge in [-0.15, -0.1) is 11.3 Å². The van der Waals surface area contributed by atoms with Crippen LogP contribution in [-0.2, 0) is 17.5 Å². The van der Waals surface area contributed by atoms with Crippen LogP contribution in [0.5, 0.6) is 0 Å². The molecule has 22 heavy (non-hydrogen) atoms. The van der Waals surface area contributed by atoms with Crippen molar-refractivity contribution in [1.82, 2.24) is 9.88 Å². The van der Waals surface area contributed by atoms with Crippen molar-refractivity contribution in [3.8, 4) is 0 Å². The van der Waals surface area contributed by atoms with Crippen LogP contribution in [0.1, 0.15) is 22.2 Å². The molecule has 0 bridgehead atoms. The zero-order valence-corrected chi connectivity index (χ0v) is 12.4. The van der Waals surface area contributed by atoms with Crippen LogP contribution in [0.25, 0.3) is 0 Å². The van der Waals surface area contributed by atoms with Gasteiger partial charge >= 0.3 is 12.1 Å². The number of nitrogens with zero attached hydrogens (tertiary/aromatic N) is 2. The van der Waals surface area contributed by atoms with Gasteiger partial charge in [-0.3, -0.25) is 9.69 Å². The Labute approximate surface area is 128 Å². The number of hydrogen-bond acceptors (Lipinski definition) is 4. The van der Waals surface area contributed by atoms with Gasteiger partial charge < -0.3 is 5.11 Å². The smallest absolute Gasteiger partial charge is 0.416 e. The molecule has 1 atom stereocenters. The minimum Gasteiger partial charge on any atom is -0.480 e. The number of carboxylic acids is 1. The van der Waals surface area contributed by atoms with Crippen LogP contribution in [0.2, 0.25) is 0 Å². The molecule has 1 aromatic carbocycles. The molecule has 1 heterocycles. The standard InChI is InChI=1S/C14H13F3N2O2S/c1-19(8-11-18-6-7-22-11)12(13(20)21)9-2-4-10(5-3-9)14(15,16)17/h2-7,12H,8H2,1H3,(H,20,21). The normalized spacial score (nSPS) is 13.3. The van der Waals surface area contributed by atoms with Gasteiger partial charge in [0, 0.05) is 11.6 Å². The van der Waals surface area contributed by atoms with Crippen molar-refractivity contribution in [2.24, 2.45) is 0 Å². The van der Waals surface area contributed by atoms with Crippen LogP contribution in [0.3, 0.4) is 0 Å². The first kappa shape index (κ1) is 16.4. The molecule has 0 amide bonds. The van der Waals surface area contributed by atoms with Crippen molar-refractivity contribution in [2.45, 2.75) is 18.8 Å². The number of rotatable bonds is 5. The Morgan fingerprint density at radius 2 is 2.00 bits per heavy atom. The number of halogens is 3. The average molecular weight is 330 g/mol. The molecular formula is C14H13F3N2O2S. The van der Waals surface area contributed by atoms with Crippen LogP contribution < -0.4 is 0 Å². The van der Waals surface area contributed by atoms with Crippen molar-refractivity contribution >= 4 is 17.3 Å². The van der Waals surface area contributed by atoms with E-state index in [0.717, 1.165) is 17.1 Å². The van der Waals surface area contributed by atoms with Crippen LogP contribution in [0.15, 0.2) is 35.8 Å². The van der Waals surface area contributed by atoms with E-state index >= 15 is 0 Å². The Bertz CT molecular complexity index is 627. The molecule has 4 nitrogen and oxygen atoms in total. The Kier molecular flexibility index (Phi) is 4.82. The summed E-state index contributed by atoms with van der Waals surface area (Å²) in [5.41, 5.74) is -0.512. The molecule has 0 aliphatic carbocycles. The van der Waals surface area contributed by atoms with E-state index < -0.39 is 23.8 Å². The zero-order chi connectivity index (χ0) is 16.3. The number of carbonyl (C=O) groups is 1. The fourth-order valence-electron chi connectivity index (χ4n) is 2.08. The molecule has 0 fully saturated rings. The Morgan fingerprint density at radius 3 is 2.45 bits per heavy atom. The van der Waals surface area contributed by atoms with Crippen molar-refractivity contribution in [1.29, 1.82) is 0 Å². The first-order valence-electron chi connectivity index (χ1n) is 6.27. The quantitative estimate of drug-likeness (QED) is 0.913. The lowest BCUT2D eigenvalue weighted by molar-refractivity contribution is -0.143. The van der Waals surface area contributed by atoms with Gasteiger partial charge in [-0.25, -0.2) is 4.98 Å². The lowest BCUT2D eigenvalue weighted by Gasteiger charge is -2.24. The lowest BCUT2D eigenvalue weighted by atomic mass is 10.0. The molecule has 0 saturated heterocycles. The average Bonchev–Trinajstić information content (AvgIpc) is 2.90. The van der Waals surface area contributed by atoms with E-state index in [1.165, 1.54) is 28.4 Å². The fraction of sp³-hybridized carbons (Fsp3) is 0.286. The van der Waals surface area contributed by atoms with Gasteiger partial charge in [0.15, 0.2) is 0 Å². The van der Waals surface area contributed by atoms with E-state index in [1.807, 2.05) is 0 Å². The van der Waals surface area contributed by atoms with Crippen LogP contribution in [0, 0.1) is 0 Å². The molecule has 2 rings (SSSR count). The van der Waals surface area contributed by atoms with Gasteiger partial charge in [-0.1, -0.05) is 12.1 Å². The van der Waals surface area contributed by atoms with E-state index in [9.17, 15) is 23.1 Å². The van der Waals surface area contributed by atoms with Gasteiger partial charge in [-0.2, -0.15) is 13.2 Å². The molecule has 2 aromatic rings. The molecule has 0 saturated carbocycles. The Balaban J connectivity index is 2.22. The van der Waals surface area contributed by atoms with Gasteiger partial charge in [0.2, 0.25) is 0 Å². The summed E-state index contributed by atoms with van der Waals surface area (Å²) in [6.07, 6.45) is -2.83. The molecule has 8 heteroatoms. The first-order valence-corrected chi connectivity index (χ1v) is 7.15. The number of likely N-dealkylation sites (N-methyl/N-ethyl adjacent to an activating group) is 1. The predicted octanol–water partition coefficient (Wildman–Crippen LogP) is 3.42. The van der Waals surface area contributed by atoms with E-state index in [2.05, 4.69) is 4.98 Å². The van der Waals surface area contributed by atoms with Crippen molar-refractivity contribution < 1.29 is 23.1 Å². The summed E-state index contributed by atoms with van der Waals surface area (Å²) >= 11 is 1.39. The van der Waals surface area contributed by atoms with E-state index in [4.69, 9.17) is 0 Å². The van der Waals surface area contributed by atoms with E-state index in [-0.39, 0.29) is 0 Å². The Morgan fingerprint density at radius 1 is 1.36 bits per heavy atom. The minimum absolute atomic E-state index is 0.291. The second kappa shape index (κ2) is 6.45. The largest absolute Gasteiger partial charge is 0.480 e. The second-order valence-corrected chi connectivity index (χ2v) is 5.68. The molecule has 1 unspecified atom stereocenters. The minimum atomic E-state index is -4.44. The van der Waals surface area contributed by atoms with Crippen molar-refractivity contribution in [2.75, 3.05) is 7.05 Å². The number of benzene rings is 1. The highest BCUT2D eigenvalue weighted by molar-refractivity contribution is 7.09. The van der Waals surface area contributed by atoms with Gasteiger partial charge in [0.25, 0.3) is 0 Å². The summed E-state index contributed by atoms with van der Waals surface area (Å²) < 4.78 is 37.7. The van der Waals surface area contributed by atoms with Crippen LogP contribution in [-0.4, -0.2) is 28.0 Å². The third-order valence-electron chi connectivity index (χ3n) is 3.10. The van der Waals surface area contributed by atoms with Crippen LogP contribution >= 0.6 is 11.3 Å². The lowest BCUT2D eigenvalue weighted by Crippen LogP contribution is -2.30. The zero-order valence-electron chi connectivity index (χ0n) is 11.5. The molecule has 1 N–H and O–H groups in total. The summed E-state index contributed by atoms with van der Waals surface area (Å²) in [6, 6.07) is 3.14. The van der Waals surface area contributed by atoms with Crippen LogP contribution in [0.4, 0.5) is 13.2 Å². The topological polar surface area (TPSA) is 53.4 Å². The highest BCUT2D eigenvalue weighted by Gasteiger charge is 2.31. The van der Waals surface area contributed by atoms with Gasteiger partial charge in [0.05, 0.1) is 12.1 Å². The number of carboxylic acid groups (broad SMARTS) is 1. The number of hydrogen-bond donors (Lipinski definition) is 1. The van der Waals surface area contributed by atoms with Gasteiger partial charge in [0.1, 0.15) is 11.0 Å². The monoisotopic (exact) mass is 330 g/mol. The molecule has 118 valence electrons. The summed E-state index contributed by atoms with van der Waals surface area (Å²) in [6.45, 7) is 0.301. The predicted molar refractivity (Wildman–Crippen MR) is 75.4 cm³/mol. The summed E-state index contributed by atoms with van der Waals surface area (Å²) in [4.78, 5) is 17.1. The highest BCUT2D eigenvalue weighted by atomic mass is 32.1. The highest BCUT2D eigenvalue weighted by Crippen LogP contribution is 2.31. The fourth-order valence-corrected chi connectivity index (χ4v) is 2.75. The number of alkyl halides is 3. The molecule has 0 radical (unpaired) electrons. The maximum Gasteiger partial charge on any atom is 0.416 e. The van der Waals surface area contributed by atoms with E-state index in [0.29, 0.717) is 12.1 Å². The Hall–Kier alpha value is -1.93. The van der Waals surface area contributed by atoms with Gasteiger partial charge in [-0.05, 0) is 24.7 Å². The third-order valence-corrected chi connectivity index (χ3v) is 3.86. The van der Waals surface area contributed by atoms with Crippen molar-refractivity contribution in [3.05, 3.63) is 52.0 Å². The first-order chi connectivity index (χ1) is 10.3. The van der Waals surface area contributed by atoms with E-state index in [1.54, 1.807) is 18.6 Å². The molecule has 1 aromatic heterocycles. The molecule has 0 aliphatic rings. The maximum absolute atomic E-state index is 12.6. The molecule has 0 spiro atoms. The summed E-state index contributed by atoms with van der Waals surface area (Å²) in [5, 5.41) is 11.9. The number of thiazole rings is 1. The summed E-state index contributed by atoms with van der Waals surface area (Å²) in [7, 11) is 1.60. The number of aromatic nitrogens is 1. The summed E-state index contributed by atoms with van der Waals surface area (Å²) in [5.74, 6) is -1.13. The number of aliphatic carboxylic acids is 1. The molecule has 0 aliphatic heterocycles. The maximum atomic E-state index is 12.6. The SMILES string of the molecule is CN(Cc1nccs1)C(C(=O)O)c1ccc(C(F)(F)F)cc1. The molecular weight excluding hydrogens is 317 g/mol. The second-order valence-electron chi connectivity index (χ2n) is 4.70. The van der Waals surface area contributed by atoms with Crippen molar-refractivity contribution in [3.63, 3.8) is 0 Å². The third kappa shape index (κ3) is 3.83.